The number of hydrogen-bond donors (Lipinski definition) is 3. The first-order chi connectivity index (χ1) is 14.5. The SMILES string of the molecule is Cc1nn(-c2ccccc2)nc1C(=O)N1CC2C(=O)NC(=N)NC2(c2cccs2)C1. The molecule has 2 unspecified atom stereocenters. The lowest BCUT2D eigenvalue weighted by Crippen LogP contribution is -2.64. The maximum atomic E-state index is 13.4. The molecule has 0 spiro atoms. The topological polar surface area (TPSA) is 116 Å². The number of benzene rings is 1. The average molecular weight is 421 g/mol. The molecule has 0 saturated carbocycles. The Morgan fingerprint density at radius 2 is 2.03 bits per heavy atom. The zero-order chi connectivity index (χ0) is 20.9. The monoisotopic (exact) mass is 421 g/mol. The van der Waals surface area contributed by atoms with Gasteiger partial charge in [-0.05, 0) is 30.5 Å². The number of aryl methyl sites for hydroxylation is 1. The Hall–Kier alpha value is -3.53. The van der Waals surface area contributed by atoms with Crippen molar-refractivity contribution in [2.75, 3.05) is 13.1 Å². The average Bonchev–Trinajstić information content (AvgIpc) is 3.47. The molecule has 2 aromatic heterocycles. The van der Waals surface area contributed by atoms with Gasteiger partial charge >= 0.3 is 0 Å². The molecule has 5 rings (SSSR count). The molecule has 2 aliphatic rings. The summed E-state index contributed by atoms with van der Waals surface area (Å²) in [5, 5.41) is 24.4. The maximum absolute atomic E-state index is 13.4. The highest BCUT2D eigenvalue weighted by Gasteiger charge is 2.56. The quantitative estimate of drug-likeness (QED) is 0.589. The largest absolute Gasteiger partial charge is 0.343 e. The van der Waals surface area contributed by atoms with E-state index in [0.29, 0.717) is 5.69 Å². The van der Waals surface area contributed by atoms with Crippen LogP contribution in [0.4, 0.5) is 0 Å². The second-order valence-electron chi connectivity index (χ2n) is 7.44. The molecular formula is C20H19N7O2S. The fourth-order valence-electron chi connectivity index (χ4n) is 4.15. The van der Waals surface area contributed by atoms with Crippen molar-refractivity contribution in [3.63, 3.8) is 0 Å². The number of carbonyl (C=O) groups is 2. The first-order valence-corrected chi connectivity index (χ1v) is 10.4. The van der Waals surface area contributed by atoms with Gasteiger partial charge in [0.1, 0.15) is 5.54 Å². The van der Waals surface area contributed by atoms with Crippen LogP contribution in [0, 0.1) is 18.3 Å². The van der Waals surface area contributed by atoms with E-state index in [-0.39, 0.29) is 36.6 Å². The maximum Gasteiger partial charge on any atom is 0.276 e. The van der Waals surface area contributed by atoms with Crippen LogP contribution in [0.15, 0.2) is 47.8 Å². The Morgan fingerprint density at radius 3 is 2.77 bits per heavy atom. The molecule has 3 N–H and O–H groups in total. The van der Waals surface area contributed by atoms with Crippen LogP contribution in [0.1, 0.15) is 21.1 Å². The van der Waals surface area contributed by atoms with Crippen LogP contribution in [0.5, 0.6) is 0 Å². The third kappa shape index (κ3) is 2.79. The third-order valence-electron chi connectivity index (χ3n) is 5.57. The summed E-state index contributed by atoms with van der Waals surface area (Å²) in [6.07, 6.45) is 0. The molecular weight excluding hydrogens is 402 g/mol. The Balaban J connectivity index is 1.49. The molecule has 0 bridgehead atoms. The summed E-state index contributed by atoms with van der Waals surface area (Å²) in [6, 6.07) is 13.2. The summed E-state index contributed by atoms with van der Waals surface area (Å²) in [5.41, 5.74) is 0.731. The predicted octanol–water partition coefficient (Wildman–Crippen LogP) is 1.26. The summed E-state index contributed by atoms with van der Waals surface area (Å²) in [6.45, 7) is 2.25. The Bertz CT molecular complexity index is 1140. The summed E-state index contributed by atoms with van der Waals surface area (Å²) in [7, 11) is 0. The van der Waals surface area contributed by atoms with E-state index >= 15 is 0 Å². The lowest BCUT2D eigenvalue weighted by Gasteiger charge is -2.38. The smallest absolute Gasteiger partial charge is 0.276 e. The lowest BCUT2D eigenvalue weighted by molar-refractivity contribution is -0.126. The number of aromatic nitrogens is 3. The van der Waals surface area contributed by atoms with Crippen LogP contribution < -0.4 is 10.6 Å². The minimum Gasteiger partial charge on any atom is -0.343 e. The van der Waals surface area contributed by atoms with Gasteiger partial charge < -0.3 is 10.2 Å². The lowest BCUT2D eigenvalue weighted by atomic mass is 9.83. The Kier molecular flexibility index (Phi) is 4.17. The molecule has 10 heteroatoms. The molecule has 2 fully saturated rings. The van der Waals surface area contributed by atoms with Crippen LogP contribution in [-0.2, 0) is 10.3 Å². The summed E-state index contributed by atoms with van der Waals surface area (Å²) in [5.74, 6) is -1.09. The predicted molar refractivity (Wildman–Crippen MR) is 110 cm³/mol. The third-order valence-corrected chi connectivity index (χ3v) is 6.62. The number of likely N-dealkylation sites (tertiary alicyclic amines) is 1. The molecule has 2 saturated heterocycles. The fourth-order valence-corrected chi connectivity index (χ4v) is 5.08. The summed E-state index contributed by atoms with van der Waals surface area (Å²) in [4.78, 5) is 30.0. The highest BCUT2D eigenvalue weighted by atomic mass is 32.1. The number of guanidine groups is 1. The summed E-state index contributed by atoms with van der Waals surface area (Å²) < 4.78 is 0. The van der Waals surface area contributed by atoms with Gasteiger partial charge in [-0.2, -0.15) is 9.90 Å². The Labute approximate surface area is 176 Å². The molecule has 4 heterocycles. The molecule has 2 amide bonds. The second-order valence-corrected chi connectivity index (χ2v) is 8.38. The van der Waals surface area contributed by atoms with Crippen molar-refractivity contribution in [1.29, 1.82) is 5.41 Å². The van der Waals surface area contributed by atoms with Gasteiger partial charge in [0.25, 0.3) is 5.91 Å². The van der Waals surface area contributed by atoms with E-state index < -0.39 is 11.5 Å². The van der Waals surface area contributed by atoms with Crippen molar-refractivity contribution in [3.05, 3.63) is 64.1 Å². The van der Waals surface area contributed by atoms with Gasteiger partial charge in [0.05, 0.1) is 23.8 Å². The van der Waals surface area contributed by atoms with Gasteiger partial charge in [-0.15, -0.1) is 16.4 Å². The molecule has 0 radical (unpaired) electrons. The van der Waals surface area contributed by atoms with Crippen molar-refractivity contribution in [2.45, 2.75) is 12.5 Å². The van der Waals surface area contributed by atoms with Crippen molar-refractivity contribution in [3.8, 4) is 5.69 Å². The highest BCUT2D eigenvalue weighted by Crippen LogP contribution is 2.41. The van der Waals surface area contributed by atoms with Gasteiger partial charge in [0, 0.05) is 11.4 Å². The van der Waals surface area contributed by atoms with E-state index in [9.17, 15) is 9.59 Å². The standard InChI is InChI=1S/C20H19N7O2S/c1-12-16(25-27(24-12)13-6-3-2-4-7-13)18(29)26-10-14-17(28)22-19(21)23-20(14,11-26)15-8-5-9-30-15/h2-9,14H,10-11H2,1H3,(H3,21,22,23,28). The molecule has 30 heavy (non-hydrogen) atoms. The molecule has 3 aromatic rings. The van der Waals surface area contributed by atoms with Gasteiger partial charge in [0.2, 0.25) is 5.91 Å². The molecule has 9 nitrogen and oxygen atoms in total. The van der Waals surface area contributed by atoms with Crippen molar-refractivity contribution in [2.24, 2.45) is 5.92 Å². The van der Waals surface area contributed by atoms with E-state index in [1.165, 1.54) is 16.1 Å². The van der Waals surface area contributed by atoms with Crippen LogP contribution in [0.3, 0.4) is 0 Å². The number of fused-ring (bicyclic) bond motifs is 1. The number of carbonyl (C=O) groups excluding carboxylic acids is 2. The van der Waals surface area contributed by atoms with E-state index in [4.69, 9.17) is 5.41 Å². The second kappa shape index (κ2) is 6.77. The molecule has 0 aliphatic carbocycles. The normalized spacial score (nSPS) is 23.1. The number of para-hydroxylation sites is 1. The number of hydrogen-bond acceptors (Lipinski definition) is 6. The zero-order valence-electron chi connectivity index (χ0n) is 16.1. The number of rotatable bonds is 3. The van der Waals surface area contributed by atoms with E-state index in [1.807, 2.05) is 47.8 Å². The van der Waals surface area contributed by atoms with E-state index in [1.54, 1.807) is 11.8 Å². The molecule has 2 atom stereocenters. The van der Waals surface area contributed by atoms with Gasteiger partial charge in [0.15, 0.2) is 11.7 Å². The first kappa shape index (κ1) is 18.5. The molecule has 152 valence electrons. The zero-order valence-corrected chi connectivity index (χ0v) is 16.9. The van der Waals surface area contributed by atoms with E-state index in [2.05, 4.69) is 20.8 Å². The minimum absolute atomic E-state index is 0.0508. The molecule has 2 aliphatic heterocycles. The fraction of sp³-hybridized carbons (Fsp3) is 0.250. The first-order valence-electron chi connectivity index (χ1n) is 9.48. The van der Waals surface area contributed by atoms with Crippen molar-refractivity contribution in [1.82, 2.24) is 30.5 Å². The minimum atomic E-state index is -0.813. The van der Waals surface area contributed by atoms with Crippen molar-refractivity contribution >= 4 is 29.1 Å². The van der Waals surface area contributed by atoms with E-state index in [0.717, 1.165) is 10.6 Å². The molecule has 1 aromatic carbocycles. The summed E-state index contributed by atoms with van der Waals surface area (Å²) >= 11 is 1.51. The van der Waals surface area contributed by atoms with Gasteiger partial charge in [-0.25, -0.2) is 0 Å². The van der Waals surface area contributed by atoms with Gasteiger partial charge in [-0.3, -0.25) is 20.3 Å². The number of nitrogens with one attached hydrogen (secondary N) is 3. The highest BCUT2D eigenvalue weighted by molar-refractivity contribution is 7.10. The van der Waals surface area contributed by atoms with Crippen LogP contribution in [-0.4, -0.2) is 50.8 Å². The number of amides is 2. The van der Waals surface area contributed by atoms with Crippen LogP contribution >= 0.6 is 11.3 Å². The number of thiophene rings is 1. The number of nitrogens with zero attached hydrogens (tertiary/aromatic N) is 4. The Morgan fingerprint density at radius 1 is 1.23 bits per heavy atom. The van der Waals surface area contributed by atoms with Gasteiger partial charge in [-0.1, -0.05) is 24.3 Å². The van der Waals surface area contributed by atoms with Crippen LogP contribution in [0.2, 0.25) is 0 Å². The van der Waals surface area contributed by atoms with Crippen molar-refractivity contribution < 1.29 is 9.59 Å². The van der Waals surface area contributed by atoms with Crippen LogP contribution in [0.25, 0.3) is 5.69 Å².